The molecule has 0 unspecified atom stereocenters. The summed E-state index contributed by atoms with van der Waals surface area (Å²) >= 11 is 3.29. The van der Waals surface area contributed by atoms with Gasteiger partial charge in [0.05, 0.1) is 5.69 Å². The molecule has 0 saturated heterocycles. The highest BCUT2D eigenvalue weighted by molar-refractivity contribution is 9.08. The summed E-state index contributed by atoms with van der Waals surface area (Å²) < 4.78 is 0. The lowest BCUT2D eigenvalue weighted by molar-refractivity contribution is 0.0846. The Balaban J connectivity index is 3.02. The second kappa shape index (κ2) is 4.17. The number of rotatable bonds is 2. The number of Topliss-reactive ketones (excluding diaryl/α,β-unsaturated/α-hetero) is 1. The van der Waals surface area contributed by atoms with Crippen LogP contribution in [-0.2, 0) is 5.33 Å². The summed E-state index contributed by atoms with van der Waals surface area (Å²) in [4.78, 5) is 19.9. The van der Waals surface area contributed by atoms with Crippen LogP contribution in [0.5, 0.6) is 0 Å². The standard InChI is InChI=1S/C10H13BrN2O/c1-10(2,3)8(14)9-12-5-4-7(6-11)13-9/h4-5H,6H2,1-3H3. The normalized spacial score (nSPS) is 11.4. The molecular weight excluding hydrogens is 244 g/mol. The third kappa shape index (κ3) is 2.61. The molecule has 0 fully saturated rings. The van der Waals surface area contributed by atoms with Crippen molar-refractivity contribution in [3.05, 3.63) is 23.8 Å². The van der Waals surface area contributed by atoms with E-state index >= 15 is 0 Å². The molecule has 0 aliphatic rings. The number of hydrogen-bond donors (Lipinski definition) is 0. The maximum Gasteiger partial charge on any atom is 0.205 e. The summed E-state index contributed by atoms with van der Waals surface area (Å²) in [6.45, 7) is 5.58. The number of nitrogens with zero attached hydrogens (tertiary/aromatic N) is 2. The van der Waals surface area contributed by atoms with Crippen LogP contribution in [-0.4, -0.2) is 15.8 Å². The fourth-order valence-corrected chi connectivity index (χ4v) is 1.23. The Morgan fingerprint density at radius 2 is 2.14 bits per heavy atom. The minimum absolute atomic E-state index is 0.0275. The molecule has 0 aliphatic carbocycles. The van der Waals surface area contributed by atoms with Crippen molar-refractivity contribution in [2.24, 2.45) is 5.41 Å². The van der Waals surface area contributed by atoms with Crippen molar-refractivity contribution < 1.29 is 4.79 Å². The molecule has 0 aliphatic heterocycles. The highest BCUT2D eigenvalue weighted by atomic mass is 79.9. The van der Waals surface area contributed by atoms with Crippen LogP contribution in [0.3, 0.4) is 0 Å². The Labute approximate surface area is 92.1 Å². The van der Waals surface area contributed by atoms with Gasteiger partial charge in [-0.05, 0) is 6.07 Å². The SMILES string of the molecule is CC(C)(C)C(=O)c1nccc(CBr)n1. The third-order valence-electron chi connectivity index (χ3n) is 1.73. The molecule has 0 atom stereocenters. The van der Waals surface area contributed by atoms with Gasteiger partial charge in [0.2, 0.25) is 5.78 Å². The van der Waals surface area contributed by atoms with E-state index in [1.165, 1.54) is 0 Å². The molecule has 1 heterocycles. The highest BCUT2D eigenvalue weighted by Gasteiger charge is 2.25. The summed E-state index contributed by atoms with van der Waals surface area (Å²) in [6, 6.07) is 1.79. The van der Waals surface area contributed by atoms with Gasteiger partial charge in [-0.25, -0.2) is 9.97 Å². The molecule has 0 radical (unpaired) electrons. The fourth-order valence-electron chi connectivity index (χ4n) is 0.915. The first-order chi connectivity index (χ1) is 6.45. The zero-order chi connectivity index (χ0) is 10.8. The number of aromatic nitrogens is 2. The van der Waals surface area contributed by atoms with Gasteiger partial charge in [0.25, 0.3) is 0 Å². The molecule has 3 nitrogen and oxygen atoms in total. The first-order valence-corrected chi connectivity index (χ1v) is 5.50. The fraction of sp³-hybridized carbons (Fsp3) is 0.500. The molecule has 0 aromatic carbocycles. The smallest absolute Gasteiger partial charge is 0.205 e. The lowest BCUT2D eigenvalue weighted by Gasteiger charge is -2.14. The van der Waals surface area contributed by atoms with Crippen LogP contribution >= 0.6 is 15.9 Å². The van der Waals surface area contributed by atoms with Crippen molar-refractivity contribution in [3.8, 4) is 0 Å². The molecule has 0 spiro atoms. The first-order valence-electron chi connectivity index (χ1n) is 4.38. The van der Waals surface area contributed by atoms with E-state index in [0.29, 0.717) is 11.2 Å². The first kappa shape index (κ1) is 11.3. The topological polar surface area (TPSA) is 42.9 Å². The van der Waals surface area contributed by atoms with Crippen LogP contribution in [0.1, 0.15) is 37.1 Å². The number of carbonyl (C=O) groups excluding carboxylic acids is 1. The van der Waals surface area contributed by atoms with E-state index in [1.54, 1.807) is 12.3 Å². The predicted octanol–water partition coefficient (Wildman–Crippen LogP) is 2.60. The number of halogens is 1. The lowest BCUT2D eigenvalue weighted by Crippen LogP contribution is -2.22. The zero-order valence-corrected chi connectivity index (χ0v) is 10.1. The van der Waals surface area contributed by atoms with Gasteiger partial charge < -0.3 is 0 Å². The molecule has 1 aromatic heterocycles. The van der Waals surface area contributed by atoms with Crippen molar-refractivity contribution in [1.29, 1.82) is 0 Å². The molecular formula is C10H13BrN2O. The maximum atomic E-state index is 11.8. The zero-order valence-electron chi connectivity index (χ0n) is 8.54. The van der Waals surface area contributed by atoms with Crippen LogP contribution in [0.15, 0.2) is 12.3 Å². The van der Waals surface area contributed by atoms with Crippen LogP contribution in [0.4, 0.5) is 0 Å². The molecule has 0 N–H and O–H groups in total. The number of ketones is 1. The Morgan fingerprint density at radius 3 is 2.64 bits per heavy atom. The Bertz CT molecular complexity index is 344. The van der Waals surface area contributed by atoms with Gasteiger partial charge in [-0.3, -0.25) is 4.79 Å². The number of carbonyl (C=O) groups is 1. The summed E-state index contributed by atoms with van der Waals surface area (Å²) in [5.74, 6) is 0.273. The van der Waals surface area contributed by atoms with Crippen molar-refractivity contribution in [2.45, 2.75) is 26.1 Å². The minimum Gasteiger partial charge on any atom is -0.290 e. The third-order valence-corrected chi connectivity index (χ3v) is 2.31. The van der Waals surface area contributed by atoms with E-state index in [1.807, 2.05) is 20.8 Å². The van der Waals surface area contributed by atoms with Gasteiger partial charge in [0, 0.05) is 16.9 Å². The number of alkyl halides is 1. The van der Waals surface area contributed by atoms with E-state index in [-0.39, 0.29) is 5.78 Å². The molecule has 14 heavy (non-hydrogen) atoms. The molecule has 0 amide bonds. The predicted molar refractivity (Wildman–Crippen MR) is 58.4 cm³/mol. The van der Waals surface area contributed by atoms with Gasteiger partial charge in [0.1, 0.15) is 0 Å². The van der Waals surface area contributed by atoms with Gasteiger partial charge >= 0.3 is 0 Å². The second-order valence-corrected chi connectivity index (χ2v) is 4.65. The van der Waals surface area contributed by atoms with Crippen LogP contribution < -0.4 is 0 Å². The van der Waals surface area contributed by atoms with Crippen molar-refractivity contribution in [2.75, 3.05) is 0 Å². The summed E-state index contributed by atoms with van der Waals surface area (Å²) in [5, 5.41) is 0.639. The maximum absolute atomic E-state index is 11.8. The largest absolute Gasteiger partial charge is 0.290 e. The van der Waals surface area contributed by atoms with E-state index in [0.717, 1.165) is 5.69 Å². The molecule has 0 saturated carbocycles. The average Bonchev–Trinajstić information content (AvgIpc) is 2.15. The molecule has 1 aromatic rings. The summed E-state index contributed by atoms with van der Waals surface area (Å²) in [5.41, 5.74) is 0.401. The summed E-state index contributed by atoms with van der Waals surface area (Å²) in [6.07, 6.45) is 1.61. The van der Waals surface area contributed by atoms with Crippen LogP contribution in [0, 0.1) is 5.41 Å². The Hall–Kier alpha value is -0.770. The molecule has 0 bridgehead atoms. The van der Waals surface area contributed by atoms with E-state index in [9.17, 15) is 4.79 Å². The monoisotopic (exact) mass is 256 g/mol. The van der Waals surface area contributed by atoms with Gasteiger partial charge in [-0.15, -0.1) is 0 Å². The molecule has 76 valence electrons. The van der Waals surface area contributed by atoms with Crippen LogP contribution in [0.25, 0.3) is 0 Å². The highest BCUT2D eigenvalue weighted by Crippen LogP contribution is 2.18. The van der Waals surface area contributed by atoms with Crippen LogP contribution in [0.2, 0.25) is 0 Å². The lowest BCUT2D eigenvalue weighted by atomic mass is 9.90. The van der Waals surface area contributed by atoms with Crippen molar-refractivity contribution in [3.63, 3.8) is 0 Å². The van der Waals surface area contributed by atoms with Crippen molar-refractivity contribution in [1.82, 2.24) is 9.97 Å². The van der Waals surface area contributed by atoms with E-state index in [4.69, 9.17) is 0 Å². The van der Waals surface area contributed by atoms with E-state index < -0.39 is 5.41 Å². The molecule has 1 rings (SSSR count). The van der Waals surface area contributed by atoms with Gasteiger partial charge in [0.15, 0.2) is 5.82 Å². The van der Waals surface area contributed by atoms with Gasteiger partial charge in [-0.1, -0.05) is 36.7 Å². The average molecular weight is 257 g/mol. The van der Waals surface area contributed by atoms with Gasteiger partial charge in [-0.2, -0.15) is 0 Å². The van der Waals surface area contributed by atoms with Crippen molar-refractivity contribution >= 4 is 21.7 Å². The second-order valence-electron chi connectivity index (χ2n) is 4.08. The minimum atomic E-state index is -0.426. The summed E-state index contributed by atoms with van der Waals surface area (Å²) in [7, 11) is 0. The Kier molecular flexibility index (Phi) is 3.37. The van der Waals surface area contributed by atoms with E-state index in [2.05, 4.69) is 25.9 Å². The number of hydrogen-bond acceptors (Lipinski definition) is 3. The quantitative estimate of drug-likeness (QED) is 0.604. The molecule has 4 heteroatoms. The Morgan fingerprint density at radius 1 is 1.50 bits per heavy atom.